The minimum atomic E-state index is -0.445. The van der Waals surface area contributed by atoms with E-state index >= 15 is 0 Å². The molecule has 0 N–H and O–H groups in total. The van der Waals surface area contributed by atoms with Crippen LogP contribution in [0.1, 0.15) is 34.3 Å². The maximum absolute atomic E-state index is 11.4. The van der Waals surface area contributed by atoms with Crippen molar-refractivity contribution >= 4 is 17.6 Å². The highest BCUT2D eigenvalue weighted by molar-refractivity contribution is 6.30. The van der Waals surface area contributed by atoms with E-state index in [1.54, 1.807) is 6.07 Å². The topological polar surface area (TPSA) is 42.7 Å². The fourth-order valence-corrected chi connectivity index (χ4v) is 2.69. The molecule has 1 aromatic carbocycles. The minimum Gasteiger partial charge on any atom is -0.463 e. The Balaban J connectivity index is 1.66. The summed E-state index contributed by atoms with van der Waals surface area (Å²) in [4.78, 5) is 13.7. The third-order valence-electron chi connectivity index (χ3n) is 3.79. The number of hydrogen-bond donors (Lipinski definition) is 0. The third kappa shape index (κ3) is 2.96. The predicted octanol–water partition coefficient (Wildman–Crippen LogP) is 3.67. The molecular weight excluding hydrogens is 290 g/mol. The number of likely N-dealkylation sites (tertiary alicyclic amines) is 1. The molecule has 110 valence electrons. The van der Waals surface area contributed by atoms with Gasteiger partial charge in [-0.1, -0.05) is 23.7 Å². The standard InChI is InChI=1S/C16H16ClNO3/c1-20-16(19)15-7-6-13(21-15)10-18-9-8-14(18)11-2-4-12(17)5-3-11/h2-7,14H,8-10H2,1H3/t14-/m1/s1. The molecule has 0 amide bonds. The quantitative estimate of drug-likeness (QED) is 0.808. The van der Waals surface area contributed by atoms with Crippen molar-refractivity contribution in [2.45, 2.75) is 19.0 Å². The smallest absolute Gasteiger partial charge is 0.373 e. The number of furan rings is 1. The third-order valence-corrected chi connectivity index (χ3v) is 4.04. The lowest BCUT2D eigenvalue weighted by Crippen LogP contribution is -2.40. The van der Waals surface area contributed by atoms with E-state index in [9.17, 15) is 4.79 Å². The number of esters is 1. The van der Waals surface area contributed by atoms with E-state index < -0.39 is 5.97 Å². The summed E-state index contributed by atoms with van der Waals surface area (Å²) in [6.07, 6.45) is 1.12. The Morgan fingerprint density at radius 1 is 1.33 bits per heavy atom. The van der Waals surface area contributed by atoms with E-state index in [0.29, 0.717) is 12.6 Å². The van der Waals surface area contributed by atoms with Crippen molar-refractivity contribution in [2.24, 2.45) is 0 Å². The lowest BCUT2D eigenvalue weighted by molar-refractivity contribution is 0.0543. The minimum absolute atomic E-state index is 0.246. The summed E-state index contributed by atoms with van der Waals surface area (Å²) >= 11 is 5.92. The molecule has 0 saturated carbocycles. The lowest BCUT2D eigenvalue weighted by Gasteiger charge is -2.40. The van der Waals surface area contributed by atoms with Crippen LogP contribution in [0, 0.1) is 0 Å². The second-order valence-corrected chi connectivity index (χ2v) is 5.52. The number of carbonyl (C=O) groups excluding carboxylic acids is 1. The van der Waals surface area contributed by atoms with E-state index in [1.807, 2.05) is 18.2 Å². The van der Waals surface area contributed by atoms with Gasteiger partial charge in [-0.15, -0.1) is 0 Å². The first-order valence-corrected chi connectivity index (χ1v) is 7.21. The molecule has 0 aliphatic carbocycles. The lowest BCUT2D eigenvalue weighted by atomic mass is 9.95. The summed E-state index contributed by atoms with van der Waals surface area (Å²) in [5, 5.41) is 0.748. The van der Waals surface area contributed by atoms with Gasteiger partial charge in [-0.25, -0.2) is 4.79 Å². The Hall–Kier alpha value is -1.78. The van der Waals surface area contributed by atoms with Gasteiger partial charge in [0.05, 0.1) is 13.7 Å². The molecule has 21 heavy (non-hydrogen) atoms. The predicted molar refractivity (Wildman–Crippen MR) is 79.3 cm³/mol. The van der Waals surface area contributed by atoms with Crippen LogP contribution < -0.4 is 0 Å². The molecule has 1 aliphatic heterocycles. The van der Waals surface area contributed by atoms with Crippen LogP contribution in [-0.4, -0.2) is 24.5 Å². The number of carbonyl (C=O) groups is 1. The molecule has 1 saturated heterocycles. The van der Waals surface area contributed by atoms with E-state index in [2.05, 4.69) is 21.8 Å². The number of hydrogen-bond acceptors (Lipinski definition) is 4. The van der Waals surface area contributed by atoms with E-state index in [-0.39, 0.29) is 5.76 Å². The zero-order chi connectivity index (χ0) is 14.8. The average Bonchev–Trinajstić information content (AvgIpc) is 2.94. The number of methoxy groups -OCH3 is 1. The van der Waals surface area contributed by atoms with Crippen molar-refractivity contribution in [1.29, 1.82) is 0 Å². The average molecular weight is 306 g/mol. The molecule has 2 heterocycles. The van der Waals surface area contributed by atoms with Crippen LogP contribution in [0.5, 0.6) is 0 Å². The zero-order valence-corrected chi connectivity index (χ0v) is 12.5. The SMILES string of the molecule is COC(=O)c1ccc(CN2CC[C@@H]2c2ccc(Cl)cc2)o1. The van der Waals surface area contributed by atoms with E-state index in [1.165, 1.54) is 12.7 Å². The molecular formula is C16H16ClNO3. The normalized spacial score (nSPS) is 18.3. The Labute approximate surface area is 128 Å². The number of nitrogens with zero attached hydrogens (tertiary/aromatic N) is 1. The second kappa shape index (κ2) is 5.92. The van der Waals surface area contributed by atoms with Crippen LogP contribution in [0.3, 0.4) is 0 Å². The van der Waals surface area contributed by atoms with Gasteiger partial charge in [-0.05, 0) is 36.2 Å². The van der Waals surface area contributed by atoms with Crippen LogP contribution in [0.15, 0.2) is 40.8 Å². The summed E-state index contributed by atoms with van der Waals surface area (Å²) in [5.74, 6) is 0.573. The van der Waals surface area contributed by atoms with Gasteiger partial charge in [0.25, 0.3) is 0 Å². The Morgan fingerprint density at radius 2 is 2.10 bits per heavy atom. The highest BCUT2D eigenvalue weighted by Crippen LogP contribution is 2.35. The van der Waals surface area contributed by atoms with Crippen molar-refractivity contribution in [1.82, 2.24) is 4.90 Å². The van der Waals surface area contributed by atoms with Crippen molar-refractivity contribution in [3.05, 3.63) is 58.5 Å². The largest absolute Gasteiger partial charge is 0.463 e. The summed E-state index contributed by atoms with van der Waals surface area (Å²) in [6.45, 7) is 1.70. The van der Waals surface area contributed by atoms with Crippen molar-refractivity contribution in [3.63, 3.8) is 0 Å². The van der Waals surface area contributed by atoms with Gasteiger partial charge in [-0.3, -0.25) is 4.90 Å². The van der Waals surface area contributed by atoms with Gasteiger partial charge < -0.3 is 9.15 Å². The number of ether oxygens (including phenoxy) is 1. The highest BCUT2D eigenvalue weighted by atomic mass is 35.5. The zero-order valence-electron chi connectivity index (χ0n) is 11.7. The first-order chi connectivity index (χ1) is 10.2. The molecule has 0 spiro atoms. The van der Waals surface area contributed by atoms with Crippen LogP contribution in [-0.2, 0) is 11.3 Å². The Bertz CT molecular complexity index is 635. The van der Waals surface area contributed by atoms with Crippen molar-refractivity contribution in [2.75, 3.05) is 13.7 Å². The molecule has 1 atom stereocenters. The molecule has 0 unspecified atom stereocenters. The Kier molecular flexibility index (Phi) is 3.99. The first kappa shape index (κ1) is 14.2. The van der Waals surface area contributed by atoms with Gasteiger partial charge in [0.15, 0.2) is 0 Å². The molecule has 2 aromatic rings. The molecule has 1 aliphatic rings. The number of benzene rings is 1. The first-order valence-electron chi connectivity index (χ1n) is 6.84. The van der Waals surface area contributed by atoms with Crippen LogP contribution in [0.4, 0.5) is 0 Å². The molecule has 1 aromatic heterocycles. The van der Waals surface area contributed by atoms with Gasteiger partial charge >= 0.3 is 5.97 Å². The maximum atomic E-state index is 11.4. The van der Waals surface area contributed by atoms with Crippen LogP contribution in [0.25, 0.3) is 0 Å². The van der Waals surface area contributed by atoms with Gasteiger partial charge in [0.2, 0.25) is 5.76 Å². The van der Waals surface area contributed by atoms with Gasteiger partial charge in [0, 0.05) is 17.6 Å². The molecule has 5 heteroatoms. The highest BCUT2D eigenvalue weighted by Gasteiger charge is 2.30. The number of rotatable bonds is 4. The summed E-state index contributed by atoms with van der Waals surface area (Å²) in [5.41, 5.74) is 1.25. The molecule has 1 fully saturated rings. The molecule has 0 radical (unpaired) electrons. The van der Waals surface area contributed by atoms with Crippen LogP contribution >= 0.6 is 11.6 Å². The summed E-state index contributed by atoms with van der Waals surface area (Å²) in [7, 11) is 1.34. The summed E-state index contributed by atoms with van der Waals surface area (Å²) in [6, 6.07) is 11.8. The maximum Gasteiger partial charge on any atom is 0.373 e. The fraction of sp³-hybridized carbons (Fsp3) is 0.312. The number of halogens is 1. The van der Waals surface area contributed by atoms with Crippen molar-refractivity contribution < 1.29 is 13.9 Å². The molecule has 4 nitrogen and oxygen atoms in total. The van der Waals surface area contributed by atoms with Gasteiger partial charge in [0.1, 0.15) is 5.76 Å². The molecule has 3 rings (SSSR count). The monoisotopic (exact) mass is 305 g/mol. The van der Waals surface area contributed by atoms with E-state index in [4.69, 9.17) is 16.0 Å². The Morgan fingerprint density at radius 3 is 2.71 bits per heavy atom. The van der Waals surface area contributed by atoms with Gasteiger partial charge in [-0.2, -0.15) is 0 Å². The summed E-state index contributed by atoms with van der Waals surface area (Å²) < 4.78 is 10.1. The fourth-order valence-electron chi connectivity index (χ4n) is 2.57. The van der Waals surface area contributed by atoms with Crippen LogP contribution in [0.2, 0.25) is 5.02 Å². The van der Waals surface area contributed by atoms with Crippen molar-refractivity contribution in [3.8, 4) is 0 Å². The molecule has 0 bridgehead atoms. The second-order valence-electron chi connectivity index (χ2n) is 5.08. The van der Waals surface area contributed by atoms with E-state index in [0.717, 1.165) is 23.7 Å².